The molecule has 0 radical (unpaired) electrons. The largest absolute Gasteiger partial charge is 0.389 e. The van der Waals surface area contributed by atoms with Crippen molar-refractivity contribution in [3.8, 4) is 0 Å². The Labute approximate surface area is 136 Å². The lowest BCUT2D eigenvalue weighted by Crippen LogP contribution is -2.51. The maximum absolute atomic E-state index is 12.1. The summed E-state index contributed by atoms with van der Waals surface area (Å²) in [6.07, 6.45) is 0.948. The number of hydrogen-bond acceptors (Lipinski definition) is 6. The summed E-state index contributed by atoms with van der Waals surface area (Å²) in [5, 5.41) is 16.7. The van der Waals surface area contributed by atoms with Crippen molar-refractivity contribution >= 4 is 6.03 Å². The minimum atomic E-state index is -0.608. The zero-order valence-electron chi connectivity index (χ0n) is 13.4. The van der Waals surface area contributed by atoms with Crippen LogP contribution in [0.3, 0.4) is 0 Å². The van der Waals surface area contributed by atoms with E-state index in [9.17, 15) is 9.90 Å². The summed E-state index contributed by atoms with van der Waals surface area (Å²) < 4.78 is 16.2. The molecular weight excluding hydrogens is 302 g/mol. The van der Waals surface area contributed by atoms with E-state index in [1.807, 2.05) is 0 Å². The molecule has 3 atom stereocenters. The number of carbonyl (C=O) groups excluding carboxylic acids is 1. The average molecular weight is 329 g/mol. The quantitative estimate of drug-likeness (QED) is 0.608. The number of aliphatic hydroxyl groups is 1. The second-order valence-corrected chi connectivity index (χ2v) is 6.31. The van der Waals surface area contributed by atoms with Gasteiger partial charge in [-0.2, -0.15) is 0 Å². The van der Waals surface area contributed by atoms with Crippen LogP contribution in [0.15, 0.2) is 0 Å². The molecule has 3 heterocycles. The van der Waals surface area contributed by atoms with Crippen molar-refractivity contribution < 1.29 is 24.1 Å². The third-order valence-electron chi connectivity index (χ3n) is 4.71. The highest BCUT2D eigenvalue weighted by molar-refractivity contribution is 5.74. The highest BCUT2D eigenvalue weighted by atomic mass is 16.5. The van der Waals surface area contributed by atoms with Crippen molar-refractivity contribution in [1.82, 2.24) is 15.5 Å². The lowest BCUT2D eigenvalue weighted by molar-refractivity contribution is 0.0344. The highest BCUT2D eigenvalue weighted by Gasteiger charge is 2.37. The minimum Gasteiger partial charge on any atom is -0.389 e. The first-order valence-electron chi connectivity index (χ1n) is 8.48. The van der Waals surface area contributed by atoms with Crippen LogP contribution in [0.1, 0.15) is 12.8 Å². The summed E-state index contributed by atoms with van der Waals surface area (Å²) in [5.74, 6) is 0. The van der Waals surface area contributed by atoms with E-state index in [2.05, 4.69) is 10.6 Å². The summed E-state index contributed by atoms with van der Waals surface area (Å²) in [4.78, 5) is 13.8. The van der Waals surface area contributed by atoms with Gasteiger partial charge in [0.25, 0.3) is 0 Å². The van der Waals surface area contributed by atoms with Gasteiger partial charge in [-0.1, -0.05) is 0 Å². The Morgan fingerprint density at radius 3 is 2.57 bits per heavy atom. The van der Waals surface area contributed by atoms with Crippen LogP contribution >= 0.6 is 0 Å². The van der Waals surface area contributed by atoms with Gasteiger partial charge in [-0.3, -0.25) is 0 Å². The summed E-state index contributed by atoms with van der Waals surface area (Å²) in [5.41, 5.74) is 0. The molecule has 0 bridgehead atoms. The van der Waals surface area contributed by atoms with Gasteiger partial charge in [0.05, 0.1) is 32.0 Å². The molecule has 23 heavy (non-hydrogen) atoms. The molecule has 2 amide bonds. The lowest BCUT2D eigenvalue weighted by atomic mass is 10.0. The molecule has 3 fully saturated rings. The molecule has 3 N–H and O–H groups in total. The number of amides is 2. The molecule has 8 nitrogen and oxygen atoms in total. The number of nitrogens with one attached hydrogen (secondary N) is 2. The Morgan fingerprint density at radius 2 is 1.83 bits per heavy atom. The minimum absolute atomic E-state index is 0.0802. The number of aliphatic hydroxyl groups excluding tert-OH is 1. The Bertz CT molecular complexity index is 385. The Balaban J connectivity index is 1.39. The van der Waals surface area contributed by atoms with Crippen molar-refractivity contribution in [2.24, 2.45) is 0 Å². The fourth-order valence-corrected chi connectivity index (χ4v) is 3.24. The van der Waals surface area contributed by atoms with E-state index >= 15 is 0 Å². The van der Waals surface area contributed by atoms with Crippen LogP contribution in [0.5, 0.6) is 0 Å². The van der Waals surface area contributed by atoms with Crippen LogP contribution in [0.4, 0.5) is 4.79 Å². The van der Waals surface area contributed by atoms with Crippen molar-refractivity contribution in [3.63, 3.8) is 0 Å². The molecule has 0 aromatic carbocycles. The summed E-state index contributed by atoms with van der Waals surface area (Å²) >= 11 is 0. The molecule has 0 aromatic heterocycles. The number of hydrogen-bond donors (Lipinski definition) is 3. The van der Waals surface area contributed by atoms with E-state index in [1.54, 1.807) is 4.90 Å². The smallest absolute Gasteiger partial charge is 0.317 e. The number of ether oxygens (including phenoxy) is 3. The maximum Gasteiger partial charge on any atom is 0.317 e. The third-order valence-corrected chi connectivity index (χ3v) is 4.71. The van der Waals surface area contributed by atoms with E-state index < -0.39 is 6.10 Å². The van der Waals surface area contributed by atoms with Crippen molar-refractivity contribution in [3.05, 3.63) is 0 Å². The predicted octanol–water partition coefficient (Wildman–Crippen LogP) is -1.07. The molecule has 0 saturated carbocycles. The average Bonchev–Trinajstić information content (AvgIpc) is 2.94. The molecule has 0 aliphatic carbocycles. The molecular formula is C15H27N3O5. The Kier molecular flexibility index (Phi) is 6.07. The molecule has 3 aliphatic heterocycles. The third kappa shape index (κ3) is 4.54. The van der Waals surface area contributed by atoms with Gasteiger partial charge < -0.3 is 34.9 Å². The number of carbonyl (C=O) groups is 1. The monoisotopic (exact) mass is 329 g/mol. The Hall–Kier alpha value is -0.930. The van der Waals surface area contributed by atoms with Gasteiger partial charge >= 0.3 is 6.03 Å². The number of nitrogens with zero attached hydrogens (tertiary/aromatic N) is 1. The van der Waals surface area contributed by atoms with E-state index in [1.165, 1.54) is 0 Å². The summed E-state index contributed by atoms with van der Waals surface area (Å²) in [6.45, 7) is 4.68. The topological polar surface area (TPSA) is 92.3 Å². The summed E-state index contributed by atoms with van der Waals surface area (Å²) in [7, 11) is 0. The number of morpholine rings is 1. The Morgan fingerprint density at radius 1 is 1.13 bits per heavy atom. The zero-order valence-corrected chi connectivity index (χ0v) is 13.4. The van der Waals surface area contributed by atoms with Crippen LogP contribution in [-0.4, -0.2) is 93.0 Å². The standard InChI is InChI=1S/C15H27N3O5/c19-14-12(17-11-1-5-21-6-2-11)10-23-13(14)9-16-15(20)18-3-7-22-8-4-18/h11-14,17,19H,1-10H2,(H,16,20). The normalized spacial score (nSPS) is 32.9. The fraction of sp³-hybridized carbons (Fsp3) is 0.933. The molecule has 3 rings (SSSR count). The first-order valence-corrected chi connectivity index (χ1v) is 8.48. The summed E-state index contributed by atoms with van der Waals surface area (Å²) in [6, 6.07) is 0.169. The van der Waals surface area contributed by atoms with E-state index in [4.69, 9.17) is 14.2 Å². The predicted molar refractivity (Wildman–Crippen MR) is 82.3 cm³/mol. The fourth-order valence-electron chi connectivity index (χ4n) is 3.24. The van der Waals surface area contributed by atoms with Gasteiger partial charge in [0.15, 0.2) is 0 Å². The SMILES string of the molecule is O=C(NCC1OCC(NC2CCOCC2)C1O)N1CCOCC1. The first-order chi connectivity index (χ1) is 11.2. The van der Waals surface area contributed by atoms with Gasteiger partial charge in [0, 0.05) is 38.9 Å². The highest BCUT2D eigenvalue weighted by Crippen LogP contribution is 2.17. The van der Waals surface area contributed by atoms with E-state index in [0.717, 1.165) is 26.1 Å². The number of rotatable bonds is 4. The lowest BCUT2D eigenvalue weighted by Gasteiger charge is -2.29. The molecule has 8 heteroatoms. The van der Waals surface area contributed by atoms with Crippen LogP contribution in [0, 0.1) is 0 Å². The first kappa shape index (κ1) is 16.9. The van der Waals surface area contributed by atoms with Gasteiger partial charge in [-0.25, -0.2) is 4.79 Å². The van der Waals surface area contributed by atoms with E-state index in [-0.39, 0.29) is 18.2 Å². The van der Waals surface area contributed by atoms with Crippen molar-refractivity contribution in [1.29, 1.82) is 0 Å². The molecule has 0 aromatic rings. The van der Waals surface area contributed by atoms with Crippen LogP contribution in [0.2, 0.25) is 0 Å². The van der Waals surface area contributed by atoms with Crippen molar-refractivity contribution in [2.45, 2.75) is 37.1 Å². The zero-order chi connectivity index (χ0) is 16.1. The van der Waals surface area contributed by atoms with Crippen LogP contribution in [0.25, 0.3) is 0 Å². The molecule has 3 saturated heterocycles. The van der Waals surface area contributed by atoms with Crippen molar-refractivity contribution in [2.75, 3.05) is 52.7 Å². The second kappa shape index (κ2) is 8.25. The molecule has 0 spiro atoms. The van der Waals surface area contributed by atoms with Gasteiger partial charge in [0.1, 0.15) is 6.10 Å². The van der Waals surface area contributed by atoms with E-state index in [0.29, 0.717) is 45.5 Å². The van der Waals surface area contributed by atoms with Crippen LogP contribution < -0.4 is 10.6 Å². The molecule has 3 aliphatic rings. The second-order valence-electron chi connectivity index (χ2n) is 6.31. The molecule has 3 unspecified atom stereocenters. The van der Waals surface area contributed by atoms with Crippen LogP contribution in [-0.2, 0) is 14.2 Å². The van der Waals surface area contributed by atoms with Gasteiger partial charge in [-0.15, -0.1) is 0 Å². The van der Waals surface area contributed by atoms with Gasteiger partial charge in [-0.05, 0) is 12.8 Å². The maximum atomic E-state index is 12.1. The number of urea groups is 1. The molecule has 132 valence electrons. The van der Waals surface area contributed by atoms with Gasteiger partial charge in [0.2, 0.25) is 0 Å².